The van der Waals surface area contributed by atoms with Gasteiger partial charge in [-0.25, -0.2) is 0 Å². The van der Waals surface area contributed by atoms with Crippen molar-refractivity contribution in [3.05, 3.63) is 84.2 Å². The smallest absolute Gasteiger partial charge is 0.0992 e. The summed E-state index contributed by atoms with van der Waals surface area (Å²) in [4.78, 5) is 5.25. The van der Waals surface area contributed by atoms with Crippen LogP contribution in [0.5, 0.6) is 0 Å². The molecule has 0 saturated carbocycles. The number of nitriles is 1. The van der Waals surface area contributed by atoms with Gasteiger partial charge in [0.2, 0.25) is 0 Å². The van der Waals surface area contributed by atoms with Crippen LogP contribution in [0.25, 0.3) is 0 Å². The van der Waals surface area contributed by atoms with E-state index in [0.29, 0.717) is 5.56 Å². The third-order valence-electron chi connectivity index (χ3n) is 3.29. The minimum Gasteiger partial charge on any atom is -0.355 e. The predicted octanol–water partition coefficient (Wildman–Crippen LogP) is 4.99. The fraction of sp³-hybridized carbons (Fsp3) is 0.0526. The molecule has 23 heavy (non-hydrogen) atoms. The lowest BCUT2D eigenvalue weighted by atomic mass is 10.2. The summed E-state index contributed by atoms with van der Waals surface area (Å²) in [7, 11) is 0. The Morgan fingerprint density at radius 2 is 1.74 bits per heavy atom. The second kappa shape index (κ2) is 7.48. The molecule has 0 saturated heterocycles. The molecule has 1 aromatic heterocycles. The zero-order chi connectivity index (χ0) is 15.9. The van der Waals surface area contributed by atoms with Gasteiger partial charge in [-0.05, 0) is 60.2 Å². The minimum absolute atomic E-state index is 0.652. The molecule has 4 heteroatoms. The molecule has 3 nitrogen and oxygen atoms in total. The maximum atomic E-state index is 8.93. The Kier molecular flexibility index (Phi) is 4.92. The van der Waals surface area contributed by atoms with Crippen molar-refractivity contribution >= 4 is 23.1 Å². The monoisotopic (exact) mass is 317 g/mol. The zero-order valence-electron chi connectivity index (χ0n) is 12.4. The molecule has 3 rings (SSSR count). The number of rotatable bonds is 5. The molecule has 0 bridgehead atoms. The first-order chi connectivity index (χ1) is 11.3. The summed E-state index contributed by atoms with van der Waals surface area (Å²) in [6, 6.07) is 22.0. The normalized spacial score (nSPS) is 10.0. The van der Waals surface area contributed by atoms with Gasteiger partial charge in [-0.1, -0.05) is 6.07 Å². The lowest BCUT2D eigenvalue weighted by Crippen LogP contribution is -1.90. The predicted molar refractivity (Wildman–Crippen MR) is 94.7 cm³/mol. The van der Waals surface area contributed by atoms with E-state index in [1.807, 2.05) is 54.9 Å². The van der Waals surface area contributed by atoms with Crippen molar-refractivity contribution in [2.75, 3.05) is 5.32 Å². The van der Waals surface area contributed by atoms with Crippen molar-refractivity contribution in [1.82, 2.24) is 4.98 Å². The van der Waals surface area contributed by atoms with E-state index in [0.717, 1.165) is 17.1 Å². The van der Waals surface area contributed by atoms with Crippen LogP contribution in [0.2, 0.25) is 0 Å². The van der Waals surface area contributed by atoms with Crippen LogP contribution in [0, 0.1) is 11.3 Å². The van der Waals surface area contributed by atoms with E-state index in [9.17, 15) is 0 Å². The molecule has 0 aliphatic carbocycles. The quantitative estimate of drug-likeness (QED) is 0.674. The summed E-state index contributed by atoms with van der Waals surface area (Å²) in [5.41, 5.74) is 3.84. The number of aromatic nitrogens is 1. The number of nitrogens with one attached hydrogen (secondary N) is 1. The first kappa shape index (κ1) is 15.1. The van der Waals surface area contributed by atoms with Gasteiger partial charge in [0.25, 0.3) is 0 Å². The molecule has 0 amide bonds. The highest BCUT2D eigenvalue weighted by molar-refractivity contribution is 7.98. The molecule has 0 spiro atoms. The number of thioether (sulfide) groups is 1. The molecule has 0 aliphatic rings. The van der Waals surface area contributed by atoms with E-state index >= 15 is 0 Å². The fourth-order valence-electron chi connectivity index (χ4n) is 2.11. The fourth-order valence-corrected chi connectivity index (χ4v) is 2.97. The summed E-state index contributed by atoms with van der Waals surface area (Å²) >= 11 is 1.80. The van der Waals surface area contributed by atoms with Crippen molar-refractivity contribution in [1.29, 1.82) is 5.26 Å². The number of hydrogen-bond acceptors (Lipinski definition) is 4. The molecule has 0 aliphatic heterocycles. The molecular weight excluding hydrogens is 302 g/mol. The SMILES string of the molecule is N#Cc1cccc(Nc2ccc(SCc3ccncc3)cc2)c1. The van der Waals surface area contributed by atoms with E-state index in [1.54, 1.807) is 17.8 Å². The number of benzene rings is 2. The third kappa shape index (κ3) is 4.35. The van der Waals surface area contributed by atoms with Gasteiger partial charge in [0.05, 0.1) is 11.6 Å². The van der Waals surface area contributed by atoms with Gasteiger partial charge >= 0.3 is 0 Å². The molecule has 0 radical (unpaired) electrons. The average molecular weight is 317 g/mol. The highest BCUT2D eigenvalue weighted by Gasteiger charge is 1.99. The Morgan fingerprint density at radius 3 is 2.48 bits per heavy atom. The highest BCUT2D eigenvalue weighted by Crippen LogP contribution is 2.25. The lowest BCUT2D eigenvalue weighted by molar-refractivity contribution is 1.27. The van der Waals surface area contributed by atoms with Gasteiger partial charge in [-0.2, -0.15) is 5.26 Å². The number of anilines is 2. The second-order valence-corrected chi connectivity index (χ2v) is 6.03. The summed E-state index contributed by atoms with van der Waals surface area (Å²) in [5.74, 6) is 0.930. The van der Waals surface area contributed by atoms with Crippen molar-refractivity contribution in [2.24, 2.45) is 0 Å². The standard InChI is InChI=1S/C19H15N3S/c20-13-16-2-1-3-18(12-16)22-17-4-6-19(7-5-17)23-14-15-8-10-21-11-9-15/h1-12,22H,14H2. The van der Waals surface area contributed by atoms with Crippen molar-refractivity contribution in [3.63, 3.8) is 0 Å². The van der Waals surface area contributed by atoms with Crippen LogP contribution in [-0.4, -0.2) is 4.98 Å². The molecule has 0 atom stereocenters. The Labute approximate surface area is 140 Å². The van der Waals surface area contributed by atoms with Gasteiger partial charge in [-0.15, -0.1) is 11.8 Å². The van der Waals surface area contributed by atoms with Crippen molar-refractivity contribution in [3.8, 4) is 6.07 Å². The molecule has 112 valence electrons. The zero-order valence-corrected chi connectivity index (χ0v) is 13.3. The van der Waals surface area contributed by atoms with Gasteiger partial charge in [0, 0.05) is 34.4 Å². The third-order valence-corrected chi connectivity index (χ3v) is 4.37. The van der Waals surface area contributed by atoms with Crippen LogP contribution >= 0.6 is 11.8 Å². The van der Waals surface area contributed by atoms with E-state index in [-0.39, 0.29) is 0 Å². The van der Waals surface area contributed by atoms with Gasteiger partial charge < -0.3 is 5.32 Å². The minimum atomic E-state index is 0.652. The molecule has 0 unspecified atom stereocenters. The first-order valence-electron chi connectivity index (χ1n) is 7.22. The maximum Gasteiger partial charge on any atom is 0.0992 e. The van der Waals surface area contributed by atoms with E-state index in [1.165, 1.54) is 10.5 Å². The van der Waals surface area contributed by atoms with Gasteiger partial charge in [0.15, 0.2) is 0 Å². The summed E-state index contributed by atoms with van der Waals surface area (Å²) in [6.45, 7) is 0. The molecular formula is C19H15N3S. The number of pyridine rings is 1. The molecule has 1 heterocycles. The number of hydrogen-bond donors (Lipinski definition) is 1. The Morgan fingerprint density at radius 1 is 0.957 bits per heavy atom. The summed E-state index contributed by atoms with van der Waals surface area (Å²) < 4.78 is 0. The second-order valence-electron chi connectivity index (χ2n) is 4.99. The maximum absolute atomic E-state index is 8.93. The Balaban J connectivity index is 1.61. The van der Waals surface area contributed by atoms with Gasteiger partial charge in [-0.3, -0.25) is 4.98 Å². The molecule has 3 aromatic rings. The van der Waals surface area contributed by atoms with Crippen LogP contribution < -0.4 is 5.32 Å². The van der Waals surface area contributed by atoms with Crippen LogP contribution in [-0.2, 0) is 5.75 Å². The van der Waals surface area contributed by atoms with Crippen LogP contribution in [0.15, 0.2) is 78.0 Å². The number of nitrogens with zero attached hydrogens (tertiary/aromatic N) is 2. The highest BCUT2D eigenvalue weighted by atomic mass is 32.2. The van der Waals surface area contributed by atoms with E-state index < -0.39 is 0 Å². The largest absolute Gasteiger partial charge is 0.355 e. The molecule has 0 fully saturated rings. The van der Waals surface area contributed by atoms with Crippen molar-refractivity contribution < 1.29 is 0 Å². The topological polar surface area (TPSA) is 48.7 Å². The average Bonchev–Trinajstić information content (AvgIpc) is 2.62. The van der Waals surface area contributed by atoms with Gasteiger partial charge in [0.1, 0.15) is 0 Å². The van der Waals surface area contributed by atoms with Crippen molar-refractivity contribution in [2.45, 2.75) is 10.6 Å². The van der Waals surface area contributed by atoms with E-state index in [4.69, 9.17) is 5.26 Å². The van der Waals surface area contributed by atoms with Crippen LogP contribution in [0.4, 0.5) is 11.4 Å². The lowest BCUT2D eigenvalue weighted by Gasteiger charge is -2.08. The van der Waals surface area contributed by atoms with Crippen LogP contribution in [0.1, 0.15) is 11.1 Å². The first-order valence-corrected chi connectivity index (χ1v) is 8.21. The Hall–Kier alpha value is -2.77. The summed E-state index contributed by atoms with van der Waals surface area (Å²) in [6.07, 6.45) is 3.64. The van der Waals surface area contributed by atoms with Crippen LogP contribution in [0.3, 0.4) is 0 Å². The molecule has 1 N–H and O–H groups in total. The van der Waals surface area contributed by atoms with E-state index in [2.05, 4.69) is 28.5 Å². The molecule has 2 aromatic carbocycles. The summed E-state index contributed by atoms with van der Waals surface area (Å²) in [5, 5.41) is 12.2. The Bertz CT molecular complexity index is 808.